The predicted octanol–water partition coefficient (Wildman–Crippen LogP) is 1.35. The number of nitrogens with one attached hydrogen (secondary N) is 2. The number of hydrogen-bond donors (Lipinski definition) is 2. The van der Waals surface area contributed by atoms with Gasteiger partial charge in [-0.25, -0.2) is 26.3 Å². The average molecular weight is 450 g/mol. The molecule has 20 heavy (non-hydrogen) atoms. The third kappa shape index (κ3) is 4.78. The number of hydrogen-bond acceptors (Lipinski definition) is 4. The fraction of sp³-hybridized carbons (Fsp3) is 0.400. The number of aryl methyl sites for hydroxylation is 1. The summed E-state index contributed by atoms with van der Waals surface area (Å²) in [6.07, 6.45) is 0. The van der Waals surface area contributed by atoms with E-state index in [0.717, 1.165) is 5.56 Å². The van der Waals surface area contributed by atoms with Gasteiger partial charge in [-0.05, 0) is 47.6 Å². The zero-order chi connectivity index (χ0) is 15.6. The van der Waals surface area contributed by atoms with Crippen LogP contribution in [-0.2, 0) is 20.0 Å². The normalized spacial score (nSPS) is 12.6. The van der Waals surface area contributed by atoms with Crippen molar-refractivity contribution in [3.05, 3.63) is 26.6 Å². The molecule has 6 nitrogen and oxygen atoms in total. The monoisotopic (exact) mass is 448 g/mol. The summed E-state index contributed by atoms with van der Waals surface area (Å²) < 4.78 is 52.1. The van der Waals surface area contributed by atoms with Crippen LogP contribution in [0.1, 0.15) is 5.56 Å². The van der Waals surface area contributed by atoms with E-state index in [0.29, 0.717) is 8.95 Å². The number of rotatable bonds is 6. The van der Waals surface area contributed by atoms with E-state index in [1.54, 1.807) is 6.07 Å². The van der Waals surface area contributed by atoms with Crippen LogP contribution in [0, 0.1) is 6.92 Å². The third-order valence-electron chi connectivity index (χ3n) is 2.48. The van der Waals surface area contributed by atoms with Crippen molar-refractivity contribution in [1.29, 1.82) is 0 Å². The molecule has 0 aliphatic carbocycles. The molecule has 1 aromatic rings. The van der Waals surface area contributed by atoms with E-state index in [9.17, 15) is 16.8 Å². The van der Waals surface area contributed by atoms with Gasteiger partial charge in [0.05, 0.1) is 10.6 Å². The highest BCUT2D eigenvalue weighted by molar-refractivity contribution is 9.11. The topological polar surface area (TPSA) is 92.3 Å². The molecule has 0 unspecified atom stereocenters. The summed E-state index contributed by atoms with van der Waals surface area (Å²) in [6.45, 7) is 1.63. The highest BCUT2D eigenvalue weighted by atomic mass is 79.9. The van der Waals surface area contributed by atoms with Crippen LogP contribution in [-0.4, -0.2) is 36.2 Å². The average Bonchev–Trinajstić information content (AvgIpc) is 2.33. The Hall–Kier alpha value is -0.000000000000000111. The summed E-state index contributed by atoms with van der Waals surface area (Å²) in [5.74, 6) is -0.326. The van der Waals surface area contributed by atoms with Crippen molar-refractivity contribution < 1.29 is 16.8 Å². The van der Waals surface area contributed by atoms with E-state index in [1.807, 2.05) is 6.92 Å². The van der Waals surface area contributed by atoms with Crippen LogP contribution >= 0.6 is 31.9 Å². The van der Waals surface area contributed by atoms with Gasteiger partial charge < -0.3 is 0 Å². The van der Waals surface area contributed by atoms with Crippen molar-refractivity contribution in [2.75, 3.05) is 19.3 Å². The molecule has 2 N–H and O–H groups in total. The van der Waals surface area contributed by atoms with E-state index in [4.69, 9.17) is 0 Å². The van der Waals surface area contributed by atoms with Crippen molar-refractivity contribution in [2.24, 2.45) is 0 Å². The fourth-order valence-corrected chi connectivity index (χ4v) is 4.74. The van der Waals surface area contributed by atoms with Crippen molar-refractivity contribution in [2.45, 2.75) is 11.8 Å². The van der Waals surface area contributed by atoms with Gasteiger partial charge in [0.2, 0.25) is 20.0 Å². The van der Waals surface area contributed by atoms with Crippen molar-refractivity contribution >= 4 is 51.9 Å². The summed E-state index contributed by atoms with van der Waals surface area (Å²) in [5.41, 5.74) is 0.883. The number of sulfonamides is 2. The van der Waals surface area contributed by atoms with Crippen LogP contribution in [0.2, 0.25) is 0 Å². The zero-order valence-corrected chi connectivity index (χ0v) is 15.6. The molecule has 0 heterocycles. The SMILES string of the molecule is CNS(=O)(=O)CCNS(=O)(=O)c1cc(Br)c(C)cc1Br. The first-order valence-electron chi connectivity index (χ1n) is 5.45. The van der Waals surface area contributed by atoms with Gasteiger partial charge in [0.15, 0.2) is 0 Å². The molecule has 0 amide bonds. The Morgan fingerprint density at radius 2 is 1.70 bits per heavy atom. The molecular formula is C10H14Br2N2O4S2. The second-order valence-electron chi connectivity index (χ2n) is 3.95. The quantitative estimate of drug-likeness (QED) is 0.685. The first kappa shape index (κ1) is 18.1. The zero-order valence-electron chi connectivity index (χ0n) is 10.8. The molecule has 0 saturated heterocycles. The van der Waals surface area contributed by atoms with Crippen LogP contribution in [0.5, 0.6) is 0 Å². The van der Waals surface area contributed by atoms with Crippen LogP contribution in [0.25, 0.3) is 0 Å². The summed E-state index contributed by atoms with van der Waals surface area (Å²) in [4.78, 5) is 0.0526. The van der Waals surface area contributed by atoms with Crippen molar-refractivity contribution in [3.63, 3.8) is 0 Å². The second-order valence-corrected chi connectivity index (χ2v) is 9.44. The van der Waals surface area contributed by atoms with Crippen LogP contribution in [0.15, 0.2) is 26.0 Å². The molecule has 0 saturated carbocycles. The highest BCUT2D eigenvalue weighted by Gasteiger charge is 2.19. The van der Waals surface area contributed by atoms with Gasteiger partial charge in [-0.3, -0.25) is 0 Å². The maximum atomic E-state index is 12.1. The van der Waals surface area contributed by atoms with E-state index in [1.165, 1.54) is 13.1 Å². The third-order valence-corrected chi connectivity index (χ3v) is 7.11. The van der Waals surface area contributed by atoms with Crippen LogP contribution in [0.3, 0.4) is 0 Å². The molecule has 0 atom stereocenters. The van der Waals surface area contributed by atoms with E-state index < -0.39 is 20.0 Å². The lowest BCUT2D eigenvalue weighted by molar-refractivity contribution is 0.578. The molecule has 0 aliphatic heterocycles. The van der Waals surface area contributed by atoms with Gasteiger partial charge >= 0.3 is 0 Å². The van der Waals surface area contributed by atoms with Gasteiger partial charge in [-0.1, -0.05) is 15.9 Å². The Kier molecular flexibility index (Phi) is 6.17. The van der Waals surface area contributed by atoms with Crippen LogP contribution < -0.4 is 9.44 Å². The molecular weight excluding hydrogens is 436 g/mol. The van der Waals surface area contributed by atoms with Gasteiger partial charge in [-0.15, -0.1) is 0 Å². The second kappa shape index (κ2) is 6.84. The standard InChI is InChI=1S/C10H14Br2N2O4S2/c1-7-5-9(12)10(6-8(7)11)20(17,18)14-3-4-19(15,16)13-2/h5-6,13-14H,3-4H2,1-2H3. The molecule has 0 aromatic heterocycles. The smallest absolute Gasteiger partial charge is 0.218 e. The van der Waals surface area contributed by atoms with E-state index >= 15 is 0 Å². The molecule has 0 bridgehead atoms. The van der Waals surface area contributed by atoms with Gasteiger partial charge in [0, 0.05) is 15.5 Å². The Morgan fingerprint density at radius 3 is 2.25 bits per heavy atom. The molecule has 0 fully saturated rings. The molecule has 114 valence electrons. The van der Waals surface area contributed by atoms with E-state index in [-0.39, 0.29) is 17.2 Å². The summed E-state index contributed by atoms with van der Waals surface area (Å²) in [5, 5.41) is 0. The molecule has 10 heteroatoms. The minimum Gasteiger partial charge on any atom is -0.218 e. The van der Waals surface area contributed by atoms with Crippen molar-refractivity contribution in [3.8, 4) is 0 Å². The van der Waals surface area contributed by atoms with Crippen molar-refractivity contribution in [1.82, 2.24) is 9.44 Å². The molecule has 1 aromatic carbocycles. The maximum Gasteiger partial charge on any atom is 0.241 e. The Balaban J connectivity index is 2.93. The van der Waals surface area contributed by atoms with Gasteiger partial charge in [-0.2, -0.15) is 0 Å². The maximum absolute atomic E-state index is 12.1. The Labute approximate surface area is 135 Å². The summed E-state index contributed by atoms with van der Waals surface area (Å²) in [6, 6.07) is 3.14. The first-order valence-corrected chi connectivity index (χ1v) is 10.2. The minimum absolute atomic E-state index is 0.0526. The Bertz CT molecular complexity index is 702. The predicted molar refractivity (Wildman–Crippen MR) is 84.6 cm³/mol. The molecule has 1 rings (SSSR count). The molecule has 0 aliphatic rings. The molecule has 0 spiro atoms. The van der Waals surface area contributed by atoms with E-state index in [2.05, 4.69) is 41.3 Å². The van der Waals surface area contributed by atoms with Crippen LogP contribution in [0.4, 0.5) is 0 Å². The minimum atomic E-state index is -3.78. The van der Waals surface area contributed by atoms with Gasteiger partial charge in [0.1, 0.15) is 0 Å². The number of benzene rings is 1. The number of halogens is 2. The summed E-state index contributed by atoms with van der Waals surface area (Å²) >= 11 is 6.46. The lowest BCUT2D eigenvalue weighted by Crippen LogP contribution is -2.33. The molecule has 0 radical (unpaired) electrons. The summed E-state index contributed by atoms with van der Waals surface area (Å²) in [7, 11) is -5.95. The fourth-order valence-electron chi connectivity index (χ4n) is 1.32. The Morgan fingerprint density at radius 1 is 1.10 bits per heavy atom. The first-order chi connectivity index (χ1) is 9.09. The van der Waals surface area contributed by atoms with Gasteiger partial charge in [0.25, 0.3) is 0 Å². The lowest BCUT2D eigenvalue weighted by atomic mass is 10.2. The highest BCUT2D eigenvalue weighted by Crippen LogP contribution is 2.28. The lowest BCUT2D eigenvalue weighted by Gasteiger charge is -2.10. The largest absolute Gasteiger partial charge is 0.241 e.